The third-order valence-electron chi connectivity index (χ3n) is 4.23. The van der Waals surface area contributed by atoms with Crippen LogP contribution in [-0.2, 0) is 0 Å². The van der Waals surface area contributed by atoms with Crippen LogP contribution in [0.2, 0.25) is 0 Å². The molecule has 2 aliphatic rings. The number of hydrogen-bond donors (Lipinski definition) is 1. The second-order valence-electron chi connectivity index (χ2n) is 5.71. The molecule has 0 atom stereocenters. The van der Waals surface area contributed by atoms with E-state index < -0.39 is 0 Å². The van der Waals surface area contributed by atoms with Crippen LogP contribution in [0.5, 0.6) is 11.5 Å². The minimum atomic E-state index is 0.573. The topological polar surface area (TPSA) is 51.0 Å². The molecular formula is C15H23N3O2. The molecule has 1 aromatic rings. The SMILES string of the molecule is CN(C)C1CCN(c2ccc(N)c3c2OCCO3)CC1. The molecule has 1 aromatic carbocycles. The van der Waals surface area contributed by atoms with E-state index in [0.29, 0.717) is 30.7 Å². The molecule has 0 spiro atoms. The van der Waals surface area contributed by atoms with Crippen LogP contribution < -0.4 is 20.1 Å². The zero-order chi connectivity index (χ0) is 14.1. The molecule has 0 aromatic heterocycles. The van der Waals surface area contributed by atoms with Gasteiger partial charge in [0.15, 0.2) is 11.5 Å². The minimum absolute atomic E-state index is 0.573. The predicted octanol–water partition coefficient (Wildman–Crippen LogP) is 1.57. The van der Waals surface area contributed by atoms with Gasteiger partial charge in [-0.25, -0.2) is 0 Å². The zero-order valence-electron chi connectivity index (χ0n) is 12.3. The number of piperidine rings is 1. The van der Waals surface area contributed by atoms with Gasteiger partial charge in [-0.1, -0.05) is 0 Å². The molecule has 0 aliphatic carbocycles. The van der Waals surface area contributed by atoms with E-state index in [4.69, 9.17) is 15.2 Å². The van der Waals surface area contributed by atoms with Gasteiger partial charge in [-0.05, 0) is 39.1 Å². The highest BCUT2D eigenvalue weighted by Gasteiger charge is 2.26. The van der Waals surface area contributed by atoms with E-state index >= 15 is 0 Å². The molecule has 20 heavy (non-hydrogen) atoms. The quantitative estimate of drug-likeness (QED) is 0.832. The van der Waals surface area contributed by atoms with E-state index in [2.05, 4.69) is 30.0 Å². The van der Waals surface area contributed by atoms with Gasteiger partial charge in [-0.2, -0.15) is 0 Å². The van der Waals surface area contributed by atoms with Crippen LogP contribution >= 0.6 is 0 Å². The van der Waals surface area contributed by atoms with Gasteiger partial charge in [-0.3, -0.25) is 0 Å². The molecule has 2 heterocycles. The van der Waals surface area contributed by atoms with Gasteiger partial charge in [0.1, 0.15) is 13.2 Å². The number of nitrogens with zero attached hydrogens (tertiary/aromatic N) is 2. The average molecular weight is 277 g/mol. The summed E-state index contributed by atoms with van der Waals surface area (Å²) in [6.07, 6.45) is 2.35. The Morgan fingerprint density at radius 3 is 2.40 bits per heavy atom. The van der Waals surface area contributed by atoms with Crippen LogP contribution in [0.4, 0.5) is 11.4 Å². The van der Waals surface area contributed by atoms with Crippen LogP contribution in [0.3, 0.4) is 0 Å². The lowest BCUT2D eigenvalue weighted by atomic mass is 10.0. The van der Waals surface area contributed by atoms with Crippen molar-refractivity contribution in [2.24, 2.45) is 0 Å². The van der Waals surface area contributed by atoms with Gasteiger partial charge in [0, 0.05) is 19.1 Å². The Kier molecular flexibility index (Phi) is 3.61. The Balaban J connectivity index is 1.81. The second kappa shape index (κ2) is 5.40. The lowest BCUT2D eigenvalue weighted by Gasteiger charge is -2.37. The van der Waals surface area contributed by atoms with Crippen molar-refractivity contribution in [2.75, 3.05) is 51.0 Å². The number of benzene rings is 1. The van der Waals surface area contributed by atoms with E-state index in [0.717, 1.165) is 24.5 Å². The molecule has 0 saturated carbocycles. The Labute approximate surface area is 120 Å². The smallest absolute Gasteiger partial charge is 0.186 e. The van der Waals surface area contributed by atoms with Gasteiger partial charge in [0.05, 0.1) is 11.4 Å². The first-order valence-electron chi connectivity index (χ1n) is 7.26. The van der Waals surface area contributed by atoms with E-state index in [-0.39, 0.29) is 0 Å². The van der Waals surface area contributed by atoms with Gasteiger partial charge in [0.25, 0.3) is 0 Å². The summed E-state index contributed by atoms with van der Waals surface area (Å²) in [6, 6.07) is 4.65. The van der Waals surface area contributed by atoms with E-state index in [9.17, 15) is 0 Å². The lowest BCUT2D eigenvalue weighted by Crippen LogP contribution is -2.42. The predicted molar refractivity (Wildman–Crippen MR) is 80.8 cm³/mol. The average Bonchev–Trinajstić information content (AvgIpc) is 2.48. The molecule has 1 saturated heterocycles. The molecule has 0 amide bonds. The molecule has 110 valence electrons. The summed E-state index contributed by atoms with van der Waals surface area (Å²) < 4.78 is 11.5. The number of ether oxygens (including phenoxy) is 2. The molecule has 2 N–H and O–H groups in total. The fraction of sp³-hybridized carbons (Fsp3) is 0.600. The van der Waals surface area contributed by atoms with Crippen molar-refractivity contribution < 1.29 is 9.47 Å². The van der Waals surface area contributed by atoms with Gasteiger partial charge in [-0.15, -0.1) is 0 Å². The minimum Gasteiger partial charge on any atom is -0.484 e. The standard InChI is InChI=1S/C15H23N3O2/c1-17(2)11-5-7-18(8-6-11)13-4-3-12(16)14-15(13)20-10-9-19-14/h3-4,11H,5-10,16H2,1-2H3. The van der Waals surface area contributed by atoms with Crippen LogP contribution in [-0.4, -0.2) is 51.3 Å². The molecule has 1 fully saturated rings. The first-order chi connectivity index (χ1) is 9.66. The van der Waals surface area contributed by atoms with Crippen molar-refractivity contribution in [2.45, 2.75) is 18.9 Å². The van der Waals surface area contributed by atoms with Crippen molar-refractivity contribution in [3.05, 3.63) is 12.1 Å². The fourth-order valence-electron chi connectivity index (χ4n) is 3.02. The van der Waals surface area contributed by atoms with Crippen LogP contribution in [0, 0.1) is 0 Å². The largest absolute Gasteiger partial charge is 0.484 e. The highest BCUT2D eigenvalue weighted by atomic mass is 16.6. The Bertz CT molecular complexity index is 482. The highest BCUT2D eigenvalue weighted by molar-refractivity contribution is 5.73. The van der Waals surface area contributed by atoms with Crippen molar-refractivity contribution >= 4 is 11.4 Å². The third-order valence-corrected chi connectivity index (χ3v) is 4.23. The number of fused-ring (bicyclic) bond motifs is 1. The normalized spacial score (nSPS) is 19.4. The summed E-state index contributed by atoms with van der Waals surface area (Å²) in [5.41, 5.74) is 7.75. The number of anilines is 2. The van der Waals surface area contributed by atoms with Crippen LogP contribution in [0.25, 0.3) is 0 Å². The van der Waals surface area contributed by atoms with E-state index in [1.54, 1.807) is 0 Å². The van der Waals surface area contributed by atoms with Crippen LogP contribution in [0.15, 0.2) is 12.1 Å². The molecule has 0 bridgehead atoms. The maximum Gasteiger partial charge on any atom is 0.186 e. The zero-order valence-corrected chi connectivity index (χ0v) is 12.3. The van der Waals surface area contributed by atoms with Crippen molar-refractivity contribution in [1.82, 2.24) is 4.90 Å². The highest BCUT2D eigenvalue weighted by Crippen LogP contribution is 2.44. The molecular weight excluding hydrogens is 254 g/mol. The number of hydrogen-bond acceptors (Lipinski definition) is 5. The molecule has 0 unspecified atom stereocenters. The Morgan fingerprint density at radius 2 is 1.75 bits per heavy atom. The van der Waals surface area contributed by atoms with Gasteiger partial charge < -0.3 is 25.0 Å². The molecule has 5 nitrogen and oxygen atoms in total. The molecule has 0 radical (unpaired) electrons. The second-order valence-corrected chi connectivity index (χ2v) is 5.71. The van der Waals surface area contributed by atoms with E-state index in [1.165, 1.54) is 12.8 Å². The molecule has 2 aliphatic heterocycles. The third kappa shape index (κ3) is 2.38. The summed E-state index contributed by atoms with van der Waals surface area (Å²) in [6.45, 7) is 3.26. The molecule has 3 rings (SSSR count). The first kappa shape index (κ1) is 13.4. The van der Waals surface area contributed by atoms with Crippen molar-refractivity contribution in [3.8, 4) is 11.5 Å². The summed E-state index contributed by atoms with van der Waals surface area (Å²) in [4.78, 5) is 4.70. The van der Waals surface area contributed by atoms with Gasteiger partial charge in [0.2, 0.25) is 0 Å². The molecule has 5 heteroatoms. The first-order valence-corrected chi connectivity index (χ1v) is 7.26. The van der Waals surface area contributed by atoms with E-state index in [1.807, 2.05) is 6.07 Å². The summed E-state index contributed by atoms with van der Waals surface area (Å²) in [5.74, 6) is 1.53. The summed E-state index contributed by atoms with van der Waals surface area (Å²) in [7, 11) is 4.31. The fourth-order valence-corrected chi connectivity index (χ4v) is 3.02. The summed E-state index contributed by atoms with van der Waals surface area (Å²) >= 11 is 0. The number of rotatable bonds is 2. The Morgan fingerprint density at radius 1 is 1.10 bits per heavy atom. The monoisotopic (exact) mass is 277 g/mol. The van der Waals surface area contributed by atoms with Crippen LogP contribution in [0.1, 0.15) is 12.8 Å². The number of nitrogens with two attached hydrogens (primary N) is 1. The summed E-state index contributed by atoms with van der Waals surface area (Å²) in [5, 5.41) is 0. The maximum absolute atomic E-state index is 5.97. The Hall–Kier alpha value is -1.62. The van der Waals surface area contributed by atoms with Crippen molar-refractivity contribution in [3.63, 3.8) is 0 Å². The lowest BCUT2D eigenvalue weighted by molar-refractivity contribution is 0.172. The maximum atomic E-state index is 5.97. The number of nitrogen functional groups attached to an aromatic ring is 1. The van der Waals surface area contributed by atoms with Gasteiger partial charge >= 0.3 is 0 Å². The van der Waals surface area contributed by atoms with Crippen molar-refractivity contribution in [1.29, 1.82) is 0 Å².